The van der Waals surface area contributed by atoms with Gasteiger partial charge in [0.25, 0.3) is 0 Å². The van der Waals surface area contributed by atoms with Crippen molar-refractivity contribution in [3.05, 3.63) is 102 Å². The molecule has 0 aliphatic carbocycles. The van der Waals surface area contributed by atoms with E-state index in [2.05, 4.69) is 95.6 Å². The molecule has 2 amide bonds. The minimum Gasteiger partial charge on any atom is -0.497 e. The first kappa shape index (κ1) is 43.5. The highest BCUT2D eigenvalue weighted by atomic mass is 32.2. The standard InChI is InChI=1S/C42H58N2O8S/c1-49-38-24-22-37(23-25-38)42(35-17-10-8-11-18-35,36-19-12-9-13-20-36)53-32-15-7-5-3-2-4-6-14-21-39(45)43-26-16-27-44-40(46)33-51-30-28-50-29-31-52-34-41(47)48/h8-13,17-20,22-25H,2-7,14-16,21,26-34H2,1H3,(H,43,45)(H,44,46)(H,47,48). The van der Waals surface area contributed by atoms with Gasteiger partial charge in [-0.25, -0.2) is 4.79 Å². The molecule has 0 unspecified atom stereocenters. The van der Waals surface area contributed by atoms with Crippen LogP contribution >= 0.6 is 11.8 Å². The van der Waals surface area contributed by atoms with Crippen LogP contribution in [0.1, 0.15) is 80.9 Å². The second-order valence-electron chi connectivity index (χ2n) is 12.7. The number of carbonyl (C=O) groups is 3. The summed E-state index contributed by atoms with van der Waals surface area (Å²) in [5.74, 6) is 0.724. The molecule has 53 heavy (non-hydrogen) atoms. The van der Waals surface area contributed by atoms with E-state index in [4.69, 9.17) is 24.1 Å². The number of hydrogen-bond donors (Lipinski definition) is 3. The number of aliphatic carboxylic acids is 1. The van der Waals surface area contributed by atoms with Gasteiger partial charge in [0.05, 0.1) is 38.3 Å². The number of benzene rings is 3. The largest absolute Gasteiger partial charge is 0.497 e. The van der Waals surface area contributed by atoms with Crippen LogP contribution in [0, 0.1) is 0 Å². The summed E-state index contributed by atoms with van der Waals surface area (Å²) in [5, 5.41) is 14.2. The van der Waals surface area contributed by atoms with Crippen LogP contribution in [-0.4, -0.2) is 88.5 Å². The van der Waals surface area contributed by atoms with E-state index in [1.54, 1.807) is 7.11 Å². The van der Waals surface area contributed by atoms with E-state index in [0.717, 1.165) is 37.2 Å². The van der Waals surface area contributed by atoms with Crippen molar-refractivity contribution in [3.8, 4) is 5.75 Å². The zero-order valence-electron chi connectivity index (χ0n) is 31.2. The van der Waals surface area contributed by atoms with Crippen LogP contribution in [0.5, 0.6) is 5.75 Å². The minimum absolute atomic E-state index is 0.0576. The number of ether oxygens (including phenoxy) is 4. The number of rotatable bonds is 30. The molecule has 0 atom stereocenters. The summed E-state index contributed by atoms with van der Waals surface area (Å²) in [6.45, 7) is 1.54. The van der Waals surface area contributed by atoms with Crippen LogP contribution in [0.25, 0.3) is 0 Å². The predicted molar refractivity (Wildman–Crippen MR) is 211 cm³/mol. The molecule has 0 aliphatic heterocycles. The Balaban J connectivity index is 1.21. The lowest BCUT2D eigenvalue weighted by Gasteiger charge is -2.35. The molecule has 3 aromatic carbocycles. The monoisotopic (exact) mass is 750 g/mol. The fraction of sp³-hybridized carbons (Fsp3) is 0.500. The van der Waals surface area contributed by atoms with Crippen molar-refractivity contribution in [1.82, 2.24) is 10.6 Å². The summed E-state index contributed by atoms with van der Waals surface area (Å²) in [6.07, 6.45) is 10.3. The Morgan fingerprint density at radius 3 is 1.64 bits per heavy atom. The van der Waals surface area contributed by atoms with E-state index in [9.17, 15) is 14.4 Å². The molecule has 0 spiro atoms. The lowest BCUT2D eigenvalue weighted by molar-refractivity contribution is -0.142. The van der Waals surface area contributed by atoms with Crippen LogP contribution < -0.4 is 15.4 Å². The molecule has 0 saturated carbocycles. The maximum absolute atomic E-state index is 12.2. The van der Waals surface area contributed by atoms with Crippen molar-refractivity contribution < 1.29 is 38.4 Å². The fourth-order valence-corrected chi connectivity index (χ4v) is 7.50. The first-order chi connectivity index (χ1) is 26.0. The SMILES string of the molecule is COc1ccc(C(SCCCCCCCCCCC(=O)NCCCNC(=O)COCCOCCOCC(=O)O)(c2ccccc2)c2ccccc2)cc1. The molecule has 0 bridgehead atoms. The highest BCUT2D eigenvalue weighted by molar-refractivity contribution is 8.00. The highest BCUT2D eigenvalue weighted by Crippen LogP contribution is 2.49. The lowest BCUT2D eigenvalue weighted by Crippen LogP contribution is -2.32. The Bertz CT molecular complexity index is 1390. The maximum atomic E-state index is 12.2. The Kier molecular flexibility index (Phi) is 22.0. The second-order valence-corrected chi connectivity index (χ2v) is 14.0. The Morgan fingerprint density at radius 1 is 0.585 bits per heavy atom. The zero-order chi connectivity index (χ0) is 37.8. The molecule has 3 aromatic rings. The van der Waals surface area contributed by atoms with Crippen molar-refractivity contribution in [2.45, 2.75) is 69.0 Å². The van der Waals surface area contributed by atoms with E-state index in [0.29, 0.717) is 25.9 Å². The third-order valence-corrected chi connectivity index (χ3v) is 10.3. The van der Waals surface area contributed by atoms with Gasteiger partial charge in [0.1, 0.15) is 19.0 Å². The van der Waals surface area contributed by atoms with Gasteiger partial charge < -0.3 is 34.7 Å². The quantitative estimate of drug-likeness (QED) is 0.0488. The average Bonchev–Trinajstić information content (AvgIpc) is 3.18. The van der Waals surface area contributed by atoms with Crippen LogP contribution in [0.15, 0.2) is 84.9 Å². The second kappa shape index (κ2) is 26.8. The zero-order valence-corrected chi connectivity index (χ0v) is 32.0. The predicted octanol–water partition coefficient (Wildman–Crippen LogP) is 6.99. The lowest BCUT2D eigenvalue weighted by atomic mass is 9.84. The molecule has 3 N–H and O–H groups in total. The van der Waals surface area contributed by atoms with Gasteiger partial charge in [0.15, 0.2) is 0 Å². The van der Waals surface area contributed by atoms with Gasteiger partial charge in [-0.15, -0.1) is 11.8 Å². The molecule has 0 heterocycles. The number of unbranched alkanes of at least 4 members (excludes halogenated alkanes) is 7. The van der Waals surface area contributed by atoms with Crippen molar-refractivity contribution >= 4 is 29.5 Å². The van der Waals surface area contributed by atoms with Gasteiger partial charge in [-0.05, 0) is 53.8 Å². The summed E-state index contributed by atoms with van der Waals surface area (Å²) >= 11 is 2.02. The summed E-state index contributed by atoms with van der Waals surface area (Å²) < 4.78 is 20.5. The van der Waals surface area contributed by atoms with Gasteiger partial charge >= 0.3 is 5.97 Å². The normalized spacial score (nSPS) is 11.3. The van der Waals surface area contributed by atoms with Crippen LogP contribution in [-0.2, 0) is 33.3 Å². The van der Waals surface area contributed by atoms with E-state index < -0.39 is 5.97 Å². The third-order valence-electron chi connectivity index (χ3n) is 8.67. The molecule has 0 radical (unpaired) electrons. The number of carboxylic acid groups (broad SMARTS) is 1. The van der Waals surface area contributed by atoms with E-state index in [1.807, 2.05) is 11.8 Å². The first-order valence-electron chi connectivity index (χ1n) is 18.8. The number of thioether (sulfide) groups is 1. The van der Waals surface area contributed by atoms with E-state index in [1.165, 1.54) is 42.4 Å². The number of carboxylic acids is 1. The molecule has 3 rings (SSSR count). The number of methoxy groups -OCH3 is 1. The summed E-state index contributed by atoms with van der Waals surface area (Å²) in [4.78, 5) is 34.4. The third kappa shape index (κ3) is 17.2. The molecule has 290 valence electrons. The highest BCUT2D eigenvalue weighted by Gasteiger charge is 2.36. The summed E-state index contributed by atoms with van der Waals surface area (Å²) in [5.41, 5.74) is 3.81. The van der Waals surface area contributed by atoms with Gasteiger partial charge in [0.2, 0.25) is 11.8 Å². The molecule has 10 nitrogen and oxygen atoms in total. The molecule has 11 heteroatoms. The van der Waals surface area contributed by atoms with Crippen LogP contribution in [0.3, 0.4) is 0 Å². The van der Waals surface area contributed by atoms with Gasteiger partial charge in [-0.2, -0.15) is 0 Å². The average molecular weight is 751 g/mol. The smallest absolute Gasteiger partial charge is 0.329 e. The van der Waals surface area contributed by atoms with Gasteiger partial charge in [0, 0.05) is 19.5 Å². The van der Waals surface area contributed by atoms with Crippen molar-refractivity contribution in [3.63, 3.8) is 0 Å². The Labute approximate surface area is 319 Å². The van der Waals surface area contributed by atoms with E-state index in [-0.39, 0.29) is 56.2 Å². The van der Waals surface area contributed by atoms with Gasteiger partial charge in [-0.3, -0.25) is 9.59 Å². The Morgan fingerprint density at radius 2 is 1.08 bits per heavy atom. The van der Waals surface area contributed by atoms with Crippen molar-refractivity contribution in [2.24, 2.45) is 0 Å². The van der Waals surface area contributed by atoms with Crippen LogP contribution in [0.2, 0.25) is 0 Å². The molecular weight excluding hydrogens is 693 g/mol. The molecule has 0 saturated heterocycles. The number of nitrogens with one attached hydrogen (secondary N) is 2. The number of hydrogen-bond acceptors (Lipinski definition) is 8. The fourth-order valence-electron chi connectivity index (χ4n) is 5.94. The van der Waals surface area contributed by atoms with Gasteiger partial charge in [-0.1, -0.05) is 111 Å². The topological polar surface area (TPSA) is 132 Å². The number of amides is 2. The van der Waals surface area contributed by atoms with Crippen molar-refractivity contribution in [1.29, 1.82) is 0 Å². The minimum atomic E-state index is -1.02. The summed E-state index contributed by atoms with van der Waals surface area (Å²) in [7, 11) is 1.71. The Hall–Kier alpha value is -3.90. The maximum Gasteiger partial charge on any atom is 0.329 e. The van der Waals surface area contributed by atoms with Crippen LogP contribution in [0.4, 0.5) is 0 Å². The molecule has 0 aliphatic rings. The van der Waals surface area contributed by atoms with E-state index >= 15 is 0 Å². The van der Waals surface area contributed by atoms with Crippen molar-refractivity contribution in [2.75, 3.05) is 65.6 Å². The molecular formula is C42H58N2O8S. The number of carbonyl (C=O) groups excluding carboxylic acids is 2. The summed E-state index contributed by atoms with van der Waals surface area (Å²) in [6, 6.07) is 30.2. The first-order valence-corrected chi connectivity index (χ1v) is 19.8. The molecule has 0 fully saturated rings. The molecule has 0 aromatic heterocycles.